The minimum Gasteiger partial charge on any atom is -0.456 e. The highest BCUT2D eigenvalue weighted by Gasteiger charge is 2.23. The van der Waals surface area contributed by atoms with Crippen LogP contribution in [-0.4, -0.2) is 9.13 Å². The summed E-state index contributed by atoms with van der Waals surface area (Å²) in [5.74, 6) is 0. The van der Waals surface area contributed by atoms with Crippen LogP contribution in [0.25, 0.3) is 99.2 Å². The van der Waals surface area contributed by atoms with Gasteiger partial charge in [0.1, 0.15) is 11.2 Å². The molecule has 0 spiro atoms. The molecule has 0 atom stereocenters. The number of para-hydroxylation sites is 4. The molecule has 0 saturated heterocycles. The number of fused-ring (bicyclic) bond motifs is 9. The SMILES string of the molecule is c1ccc(-c2cc(-n3c4ccccc4c4c(-c5cccc6c5c5ccccc5n6-c5ccccc5)cccc43)c3c(c2)oc2ccccc23)cc1. The number of aromatic nitrogens is 2. The number of hydrogen-bond acceptors (Lipinski definition) is 1. The van der Waals surface area contributed by atoms with E-state index in [9.17, 15) is 0 Å². The molecule has 3 heteroatoms. The molecule has 0 bridgehead atoms. The number of rotatable bonds is 4. The molecule has 0 radical (unpaired) electrons. The van der Waals surface area contributed by atoms with Crippen molar-refractivity contribution in [1.82, 2.24) is 9.13 Å². The first-order chi connectivity index (χ1) is 25.3. The van der Waals surface area contributed by atoms with Crippen LogP contribution in [0.4, 0.5) is 0 Å². The predicted molar refractivity (Wildman–Crippen MR) is 213 cm³/mol. The van der Waals surface area contributed by atoms with E-state index >= 15 is 0 Å². The van der Waals surface area contributed by atoms with E-state index in [1.165, 1.54) is 43.7 Å². The van der Waals surface area contributed by atoms with Gasteiger partial charge < -0.3 is 13.6 Å². The molecule has 3 nitrogen and oxygen atoms in total. The van der Waals surface area contributed by atoms with Gasteiger partial charge in [0, 0.05) is 32.6 Å². The maximum absolute atomic E-state index is 6.58. The van der Waals surface area contributed by atoms with Crippen LogP contribution in [0.15, 0.2) is 186 Å². The van der Waals surface area contributed by atoms with Gasteiger partial charge in [0.2, 0.25) is 0 Å². The van der Waals surface area contributed by atoms with Crippen molar-refractivity contribution in [3.05, 3.63) is 182 Å². The molecule has 238 valence electrons. The average molecular weight is 651 g/mol. The van der Waals surface area contributed by atoms with Crippen LogP contribution < -0.4 is 0 Å². The Bertz CT molecular complexity index is 3130. The summed E-state index contributed by atoms with van der Waals surface area (Å²) < 4.78 is 11.4. The Labute approximate surface area is 293 Å². The summed E-state index contributed by atoms with van der Waals surface area (Å²) in [5, 5.41) is 7.20. The van der Waals surface area contributed by atoms with Gasteiger partial charge in [-0.3, -0.25) is 0 Å². The third-order valence-corrected chi connectivity index (χ3v) is 10.5. The maximum atomic E-state index is 6.58. The second-order valence-electron chi connectivity index (χ2n) is 13.3. The molecule has 51 heavy (non-hydrogen) atoms. The van der Waals surface area contributed by atoms with Gasteiger partial charge in [-0.05, 0) is 76.9 Å². The monoisotopic (exact) mass is 650 g/mol. The first kappa shape index (κ1) is 28.0. The van der Waals surface area contributed by atoms with Crippen molar-refractivity contribution < 1.29 is 4.42 Å². The van der Waals surface area contributed by atoms with Crippen LogP contribution in [0.2, 0.25) is 0 Å². The van der Waals surface area contributed by atoms with Crippen molar-refractivity contribution in [3.8, 4) is 33.6 Å². The van der Waals surface area contributed by atoms with Gasteiger partial charge >= 0.3 is 0 Å². The zero-order chi connectivity index (χ0) is 33.5. The Hall–Kier alpha value is -6.84. The largest absolute Gasteiger partial charge is 0.456 e. The molecule has 8 aromatic carbocycles. The van der Waals surface area contributed by atoms with Crippen LogP contribution >= 0.6 is 0 Å². The third-order valence-electron chi connectivity index (χ3n) is 10.5. The summed E-state index contributed by atoms with van der Waals surface area (Å²) in [6, 6.07) is 65.4. The first-order valence-corrected chi connectivity index (χ1v) is 17.4. The minimum atomic E-state index is 0.883. The summed E-state index contributed by atoms with van der Waals surface area (Å²) in [6.45, 7) is 0. The fourth-order valence-corrected chi connectivity index (χ4v) is 8.41. The number of nitrogens with zero attached hydrogens (tertiary/aromatic N) is 2. The van der Waals surface area contributed by atoms with Gasteiger partial charge in [-0.15, -0.1) is 0 Å². The zero-order valence-corrected chi connectivity index (χ0v) is 27.6. The van der Waals surface area contributed by atoms with Crippen molar-refractivity contribution in [2.75, 3.05) is 0 Å². The molecule has 0 aliphatic heterocycles. The van der Waals surface area contributed by atoms with E-state index in [0.29, 0.717) is 0 Å². The summed E-state index contributed by atoms with van der Waals surface area (Å²) >= 11 is 0. The highest BCUT2D eigenvalue weighted by molar-refractivity contribution is 6.23. The van der Waals surface area contributed by atoms with Gasteiger partial charge in [-0.2, -0.15) is 0 Å². The first-order valence-electron chi connectivity index (χ1n) is 17.4. The average Bonchev–Trinajstić information content (AvgIpc) is 3.86. The van der Waals surface area contributed by atoms with Gasteiger partial charge in [0.15, 0.2) is 0 Å². The molecule has 0 saturated carbocycles. The van der Waals surface area contributed by atoms with Crippen molar-refractivity contribution in [3.63, 3.8) is 0 Å². The van der Waals surface area contributed by atoms with E-state index in [2.05, 4.69) is 185 Å². The maximum Gasteiger partial charge on any atom is 0.138 e. The van der Waals surface area contributed by atoms with Crippen molar-refractivity contribution in [1.29, 1.82) is 0 Å². The Kier molecular flexibility index (Phi) is 5.96. The normalized spacial score (nSPS) is 11.9. The molecule has 0 amide bonds. The second kappa shape index (κ2) is 10.8. The lowest BCUT2D eigenvalue weighted by atomic mass is 9.95. The van der Waals surface area contributed by atoms with E-state index in [1.54, 1.807) is 0 Å². The Morgan fingerprint density at radius 3 is 1.55 bits per heavy atom. The molecule has 0 fully saturated rings. The molecule has 3 aromatic heterocycles. The predicted octanol–water partition coefficient (Wildman–Crippen LogP) is 13.1. The number of benzene rings is 8. The Balaban J connectivity index is 1.27. The third kappa shape index (κ3) is 4.06. The molecule has 11 aromatic rings. The van der Waals surface area contributed by atoms with E-state index in [0.717, 1.165) is 55.5 Å². The van der Waals surface area contributed by atoms with E-state index in [1.807, 2.05) is 6.07 Å². The smallest absolute Gasteiger partial charge is 0.138 e. The van der Waals surface area contributed by atoms with Crippen molar-refractivity contribution in [2.24, 2.45) is 0 Å². The lowest BCUT2D eigenvalue weighted by Crippen LogP contribution is -1.96. The van der Waals surface area contributed by atoms with Crippen LogP contribution in [0.3, 0.4) is 0 Å². The molecular weight excluding hydrogens is 621 g/mol. The molecular formula is C48H30N2O. The van der Waals surface area contributed by atoms with Crippen LogP contribution in [0.5, 0.6) is 0 Å². The molecule has 3 heterocycles. The fraction of sp³-hybridized carbons (Fsp3) is 0. The topological polar surface area (TPSA) is 23.0 Å². The van der Waals surface area contributed by atoms with Gasteiger partial charge in [0.25, 0.3) is 0 Å². The minimum absolute atomic E-state index is 0.883. The van der Waals surface area contributed by atoms with Crippen LogP contribution in [0, 0.1) is 0 Å². The highest BCUT2D eigenvalue weighted by Crippen LogP contribution is 2.46. The van der Waals surface area contributed by atoms with Gasteiger partial charge in [0.05, 0.1) is 33.1 Å². The standard InChI is InChI=1S/C48H30N2O/c1-3-15-31(16-4-1)32-29-43(48-38-21-9-12-28-44(38)51-45(48)30-32)50-40-25-11-8-20-37(40)47-35(23-14-27-42(47)50)34-22-13-26-41-46(34)36-19-7-10-24-39(36)49(41)33-17-5-2-6-18-33/h1-30H. The fourth-order valence-electron chi connectivity index (χ4n) is 8.41. The van der Waals surface area contributed by atoms with E-state index in [-0.39, 0.29) is 0 Å². The highest BCUT2D eigenvalue weighted by atomic mass is 16.3. The van der Waals surface area contributed by atoms with Crippen molar-refractivity contribution in [2.45, 2.75) is 0 Å². The summed E-state index contributed by atoms with van der Waals surface area (Å²) in [5.41, 5.74) is 13.5. The molecule has 0 aliphatic carbocycles. The number of hydrogen-bond donors (Lipinski definition) is 0. The zero-order valence-electron chi connectivity index (χ0n) is 27.6. The second-order valence-corrected chi connectivity index (χ2v) is 13.3. The Morgan fingerprint density at radius 2 is 0.863 bits per heavy atom. The van der Waals surface area contributed by atoms with Crippen LogP contribution in [0.1, 0.15) is 0 Å². The molecule has 0 aliphatic rings. The lowest BCUT2D eigenvalue weighted by molar-refractivity contribution is 0.669. The van der Waals surface area contributed by atoms with Gasteiger partial charge in [-0.25, -0.2) is 0 Å². The Morgan fingerprint density at radius 1 is 0.333 bits per heavy atom. The molecule has 11 rings (SSSR count). The summed E-state index contributed by atoms with van der Waals surface area (Å²) in [7, 11) is 0. The molecule has 0 N–H and O–H groups in total. The van der Waals surface area contributed by atoms with Gasteiger partial charge in [-0.1, -0.05) is 127 Å². The van der Waals surface area contributed by atoms with Crippen molar-refractivity contribution >= 4 is 65.6 Å². The van der Waals surface area contributed by atoms with Crippen LogP contribution in [-0.2, 0) is 0 Å². The lowest BCUT2D eigenvalue weighted by Gasteiger charge is -2.13. The summed E-state index contributed by atoms with van der Waals surface area (Å²) in [4.78, 5) is 0. The summed E-state index contributed by atoms with van der Waals surface area (Å²) in [6.07, 6.45) is 0. The van der Waals surface area contributed by atoms with E-state index < -0.39 is 0 Å². The molecule has 0 unspecified atom stereocenters. The van der Waals surface area contributed by atoms with E-state index in [4.69, 9.17) is 4.42 Å². The number of furan rings is 1. The quantitative estimate of drug-likeness (QED) is 0.186.